The van der Waals surface area contributed by atoms with Crippen LogP contribution in [0.4, 0.5) is 0 Å². The van der Waals surface area contributed by atoms with Crippen LogP contribution in [0.1, 0.15) is 39.5 Å². The van der Waals surface area contributed by atoms with Crippen molar-refractivity contribution in [3.63, 3.8) is 0 Å². The molecule has 2 atom stereocenters. The van der Waals surface area contributed by atoms with E-state index in [-0.39, 0.29) is 5.91 Å². The van der Waals surface area contributed by atoms with Crippen LogP contribution in [0.3, 0.4) is 0 Å². The van der Waals surface area contributed by atoms with Crippen LogP contribution in [0.15, 0.2) is 0 Å². The number of amides is 1. The molecule has 2 N–H and O–H groups in total. The lowest BCUT2D eigenvalue weighted by molar-refractivity contribution is -0.134. The first-order valence-electron chi connectivity index (χ1n) is 7.53. The highest BCUT2D eigenvalue weighted by Crippen LogP contribution is 2.20. The molecule has 19 heavy (non-hydrogen) atoms. The van der Waals surface area contributed by atoms with Crippen molar-refractivity contribution in [2.75, 3.05) is 33.4 Å². The summed E-state index contributed by atoms with van der Waals surface area (Å²) in [4.78, 5) is 14.3. The van der Waals surface area contributed by atoms with E-state index in [1.54, 1.807) is 7.11 Å². The van der Waals surface area contributed by atoms with Gasteiger partial charge in [-0.15, -0.1) is 0 Å². The van der Waals surface area contributed by atoms with Crippen molar-refractivity contribution in [1.29, 1.82) is 0 Å². The quantitative estimate of drug-likeness (QED) is 0.768. The Bertz CT molecular complexity index is 267. The molecular formula is C15H30N2O2. The van der Waals surface area contributed by atoms with E-state index in [4.69, 9.17) is 10.5 Å². The fourth-order valence-electron chi connectivity index (χ4n) is 2.97. The van der Waals surface area contributed by atoms with E-state index in [0.29, 0.717) is 30.7 Å². The fourth-order valence-corrected chi connectivity index (χ4v) is 2.97. The number of likely N-dealkylation sites (tertiary alicyclic amines) is 1. The normalized spacial score (nSPS) is 21.7. The Kier molecular flexibility index (Phi) is 7.39. The first-order valence-corrected chi connectivity index (χ1v) is 7.53. The van der Waals surface area contributed by atoms with Gasteiger partial charge in [0.25, 0.3) is 0 Å². The van der Waals surface area contributed by atoms with Gasteiger partial charge in [0.2, 0.25) is 5.91 Å². The summed E-state index contributed by atoms with van der Waals surface area (Å²) in [5, 5.41) is 0. The maximum atomic E-state index is 12.3. The molecule has 0 radical (unpaired) electrons. The molecule has 1 aliphatic rings. The zero-order valence-electron chi connectivity index (χ0n) is 12.7. The van der Waals surface area contributed by atoms with Gasteiger partial charge in [-0.3, -0.25) is 4.79 Å². The molecule has 0 saturated carbocycles. The monoisotopic (exact) mass is 270 g/mol. The Morgan fingerprint density at radius 1 is 1.47 bits per heavy atom. The summed E-state index contributed by atoms with van der Waals surface area (Å²) in [5.41, 5.74) is 5.78. The standard InChI is InChI=1S/C15H30N2O2/c1-12(2)7-14(9-16)8-15(18)17-6-4-5-13(10-17)11-19-3/h12-14H,4-11,16H2,1-3H3/t13?,14-/m0/s1. The number of rotatable bonds is 7. The molecule has 4 nitrogen and oxygen atoms in total. The molecule has 4 heteroatoms. The highest BCUT2D eigenvalue weighted by molar-refractivity contribution is 5.76. The van der Waals surface area contributed by atoms with E-state index >= 15 is 0 Å². The zero-order valence-corrected chi connectivity index (χ0v) is 12.7. The largest absolute Gasteiger partial charge is 0.384 e. The predicted molar refractivity (Wildman–Crippen MR) is 77.8 cm³/mol. The van der Waals surface area contributed by atoms with Gasteiger partial charge in [0.05, 0.1) is 6.61 Å². The number of piperidine rings is 1. The Morgan fingerprint density at radius 3 is 2.79 bits per heavy atom. The summed E-state index contributed by atoms with van der Waals surface area (Å²) in [6.07, 6.45) is 3.91. The molecule has 0 bridgehead atoms. The summed E-state index contributed by atoms with van der Waals surface area (Å²) >= 11 is 0. The first-order chi connectivity index (χ1) is 9.06. The molecule has 0 aromatic carbocycles. The average molecular weight is 270 g/mol. The van der Waals surface area contributed by atoms with Crippen LogP contribution < -0.4 is 5.73 Å². The molecule has 0 spiro atoms. The average Bonchev–Trinajstić information content (AvgIpc) is 2.38. The topological polar surface area (TPSA) is 55.6 Å². The second-order valence-corrected chi connectivity index (χ2v) is 6.24. The second kappa shape index (κ2) is 8.54. The van der Waals surface area contributed by atoms with Crippen molar-refractivity contribution in [3.8, 4) is 0 Å². The Balaban J connectivity index is 2.42. The summed E-state index contributed by atoms with van der Waals surface area (Å²) in [6.45, 7) is 7.49. The van der Waals surface area contributed by atoms with Crippen LogP contribution in [0, 0.1) is 17.8 Å². The van der Waals surface area contributed by atoms with E-state index in [1.807, 2.05) is 4.90 Å². The molecule has 1 fully saturated rings. The minimum absolute atomic E-state index is 0.275. The molecule has 0 aromatic heterocycles. The highest BCUT2D eigenvalue weighted by atomic mass is 16.5. The van der Waals surface area contributed by atoms with Crippen LogP contribution in [-0.2, 0) is 9.53 Å². The molecule has 1 heterocycles. The third-order valence-electron chi connectivity index (χ3n) is 3.88. The molecule has 1 aliphatic heterocycles. The van der Waals surface area contributed by atoms with Crippen molar-refractivity contribution in [1.82, 2.24) is 4.90 Å². The van der Waals surface area contributed by atoms with Gasteiger partial charge in [-0.05, 0) is 43.6 Å². The number of carbonyl (C=O) groups excluding carboxylic acids is 1. The Labute approximate surface area is 117 Å². The van der Waals surface area contributed by atoms with Gasteiger partial charge < -0.3 is 15.4 Å². The minimum Gasteiger partial charge on any atom is -0.384 e. The number of ether oxygens (including phenoxy) is 1. The second-order valence-electron chi connectivity index (χ2n) is 6.24. The van der Waals surface area contributed by atoms with Gasteiger partial charge in [0.1, 0.15) is 0 Å². The first kappa shape index (κ1) is 16.4. The minimum atomic E-state index is 0.275. The Morgan fingerprint density at radius 2 is 2.21 bits per heavy atom. The lowest BCUT2D eigenvalue weighted by Gasteiger charge is -2.33. The molecule has 1 saturated heterocycles. The van der Waals surface area contributed by atoms with Gasteiger partial charge in [-0.2, -0.15) is 0 Å². The molecule has 112 valence electrons. The van der Waals surface area contributed by atoms with Crippen molar-refractivity contribution in [2.45, 2.75) is 39.5 Å². The van der Waals surface area contributed by atoms with E-state index in [1.165, 1.54) is 6.42 Å². The SMILES string of the molecule is COCC1CCCN(C(=O)C[C@@H](CN)CC(C)C)C1. The summed E-state index contributed by atoms with van der Waals surface area (Å²) < 4.78 is 5.21. The zero-order chi connectivity index (χ0) is 14.3. The van der Waals surface area contributed by atoms with E-state index in [0.717, 1.165) is 32.5 Å². The lowest BCUT2D eigenvalue weighted by Crippen LogP contribution is -2.42. The molecule has 0 aliphatic carbocycles. The van der Waals surface area contributed by atoms with Crippen molar-refractivity contribution in [3.05, 3.63) is 0 Å². The molecule has 1 rings (SSSR count). The van der Waals surface area contributed by atoms with Crippen LogP contribution in [0.25, 0.3) is 0 Å². The van der Waals surface area contributed by atoms with Crippen molar-refractivity contribution in [2.24, 2.45) is 23.5 Å². The number of hydrogen-bond donors (Lipinski definition) is 1. The lowest BCUT2D eigenvalue weighted by atomic mass is 9.92. The summed E-state index contributed by atoms with van der Waals surface area (Å²) in [7, 11) is 1.73. The third-order valence-corrected chi connectivity index (χ3v) is 3.88. The maximum absolute atomic E-state index is 12.3. The maximum Gasteiger partial charge on any atom is 0.222 e. The van der Waals surface area contributed by atoms with Crippen LogP contribution in [0.2, 0.25) is 0 Å². The van der Waals surface area contributed by atoms with Gasteiger partial charge in [-0.25, -0.2) is 0 Å². The Hall–Kier alpha value is -0.610. The van der Waals surface area contributed by atoms with E-state index in [9.17, 15) is 4.79 Å². The smallest absolute Gasteiger partial charge is 0.222 e. The molecular weight excluding hydrogens is 240 g/mol. The van der Waals surface area contributed by atoms with Crippen LogP contribution in [0.5, 0.6) is 0 Å². The molecule has 1 amide bonds. The predicted octanol–water partition coefficient (Wildman–Crippen LogP) is 1.88. The number of carbonyl (C=O) groups is 1. The number of hydrogen-bond acceptors (Lipinski definition) is 3. The van der Waals surface area contributed by atoms with Crippen molar-refractivity contribution < 1.29 is 9.53 Å². The summed E-state index contributed by atoms with van der Waals surface area (Å²) in [5.74, 6) is 1.71. The number of methoxy groups -OCH3 is 1. The highest BCUT2D eigenvalue weighted by Gasteiger charge is 2.25. The number of nitrogens with zero attached hydrogens (tertiary/aromatic N) is 1. The molecule has 0 aromatic rings. The van der Waals surface area contributed by atoms with Crippen LogP contribution in [-0.4, -0.2) is 44.2 Å². The fraction of sp³-hybridized carbons (Fsp3) is 0.933. The van der Waals surface area contributed by atoms with Crippen LogP contribution >= 0.6 is 0 Å². The van der Waals surface area contributed by atoms with Gasteiger partial charge in [0.15, 0.2) is 0 Å². The summed E-state index contributed by atoms with van der Waals surface area (Å²) in [6, 6.07) is 0. The van der Waals surface area contributed by atoms with Crippen molar-refractivity contribution >= 4 is 5.91 Å². The third kappa shape index (κ3) is 5.91. The van der Waals surface area contributed by atoms with Gasteiger partial charge in [0, 0.05) is 26.6 Å². The molecule has 1 unspecified atom stereocenters. The van der Waals surface area contributed by atoms with Gasteiger partial charge in [-0.1, -0.05) is 13.8 Å². The van der Waals surface area contributed by atoms with E-state index < -0.39 is 0 Å². The number of nitrogens with two attached hydrogens (primary N) is 1. The van der Waals surface area contributed by atoms with E-state index in [2.05, 4.69) is 13.8 Å². The van der Waals surface area contributed by atoms with Gasteiger partial charge >= 0.3 is 0 Å².